The van der Waals surface area contributed by atoms with Crippen LogP contribution in [0.3, 0.4) is 0 Å². The summed E-state index contributed by atoms with van der Waals surface area (Å²) in [7, 11) is 1.63. The second-order valence-corrected chi connectivity index (χ2v) is 4.42. The molecule has 1 atom stereocenters. The molecule has 0 heterocycles. The largest absolute Gasteiger partial charge is 0.390 e. The highest BCUT2D eigenvalue weighted by molar-refractivity contribution is 6.31. The van der Waals surface area contributed by atoms with Gasteiger partial charge < -0.3 is 9.84 Å². The van der Waals surface area contributed by atoms with Crippen LogP contribution in [-0.4, -0.2) is 24.4 Å². The van der Waals surface area contributed by atoms with Gasteiger partial charge in [0.1, 0.15) is 0 Å². The van der Waals surface area contributed by atoms with Crippen LogP contribution in [-0.2, 0) is 11.2 Å². The molecule has 15 heavy (non-hydrogen) atoms. The number of halogens is 1. The second-order valence-electron chi connectivity index (χ2n) is 4.01. The maximum atomic E-state index is 10.1. The number of methoxy groups -OCH3 is 1. The van der Waals surface area contributed by atoms with Crippen molar-refractivity contribution in [1.82, 2.24) is 0 Å². The topological polar surface area (TPSA) is 29.5 Å². The van der Waals surface area contributed by atoms with Crippen molar-refractivity contribution in [3.8, 4) is 0 Å². The summed E-state index contributed by atoms with van der Waals surface area (Å²) in [6.45, 7) is 2.35. The van der Waals surface area contributed by atoms with Crippen LogP contribution in [0.4, 0.5) is 0 Å². The van der Waals surface area contributed by atoms with Gasteiger partial charge in [-0.3, -0.25) is 0 Å². The van der Waals surface area contributed by atoms with E-state index in [1.54, 1.807) is 14.0 Å². The Morgan fingerprint density at radius 3 is 2.67 bits per heavy atom. The molecule has 3 heteroatoms. The van der Waals surface area contributed by atoms with Crippen LogP contribution >= 0.6 is 11.6 Å². The van der Waals surface area contributed by atoms with Gasteiger partial charge >= 0.3 is 0 Å². The van der Waals surface area contributed by atoms with Crippen molar-refractivity contribution in [2.45, 2.75) is 25.4 Å². The number of benzene rings is 1. The minimum absolute atomic E-state index is 0.552. The number of hydrogen-bond donors (Lipinski definition) is 1. The summed E-state index contributed by atoms with van der Waals surface area (Å²) in [5, 5.41) is 10.8. The van der Waals surface area contributed by atoms with Gasteiger partial charge in [-0.2, -0.15) is 0 Å². The Kier molecular flexibility index (Phi) is 4.58. The van der Waals surface area contributed by atoms with Crippen molar-refractivity contribution in [1.29, 1.82) is 0 Å². The fourth-order valence-corrected chi connectivity index (χ4v) is 1.66. The molecular weight excluding hydrogens is 212 g/mol. The summed E-state index contributed by atoms with van der Waals surface area (Å²) < 4.78 is 4.95. The standard InChI is InChI=1S/C12H17ClO2/c1-12(14,7-8-15-2)9-10-5-3-4-6-11(10)13/h3-6,14H,7-9H2,1-2H3. The highest BCUT2D eigenvalue weighted by Crippen LogP contribution is 2.22. The molecule has 0 aliphatic heterocycles. The van der Waals surface area contributed by atoms with E-state index < -0.39 is 5.60 Å². The van der Waals surface area contributed by atoms with Crippen LogP contribution in [0.5, 0.6) is 0 Å². The molecule has 1 aromatic rings. The lowest BCUT2D eigenvalue weighted by Crippen LogP contribution is -2.28. The molecule has 1 aromatic carbocycles. The molecule has 0 saturated carbocycles. The van der Waals surface area contributed by atoms with Crippen LogP contribution in [0.15, 0.2) is 24.3 Å². The van der Waals surface area contributed by atoms with Crippen LogP contribution < -0.4 is 0 Å². The van der Waals surface area contributed by atoms with Crippen molar-refractivity contribution in [3.63, 3.8) is 0 Å². The molecule has 0 amide bonds. The number of hydrogen-bond acceptors (Lipinski definition) is 2. The van der Waals surface area contributed by atoms with Gasteiger partial charge in [0, 0.05) is 25.2 Å². The van der Waals surface area contributed by atoms with Gasteiger partial charge in [-0.1, -0.05) is 29.8 Å². The monoisotopic (exact) mass is 228 g/mol. The molecule has 1 N–H and O–H groups in total. The number of ether oxygens (including phenoxy) is 1. The Morgan fingerprint density at radius 1 is 1.40 bits per heavy atom. The maximum Gasteiger partial charge on any atom is 0.0682 e. The molecule has 0 aliphatic rings. The van der Waals surface area contributed by atoms with E-state index in [4.69, 9.17) is 16.3 Å². The summed E-state index contributed by atoms with van der Waals surface area (Å²) in [5.74, 6) is 0. The van der Waals surface area contributed by atoms with Crippen LogP contribution in [0.25, 0.3) is 0 Å². The van der Waals surface area contributed by atoms with Crippen molar-refractivity contribution in [2.75, 3.05) is 13.7 Å². The lowest BCUT2D eigenvalue weighted by Gasteiger charge is -2.23. The van der Waals surface area contributed by atoms with Crippen molar-refractivity contribution in [3.05, 3.63) is 34.9 Å². The quantitative estimate of drug-likeness (QED) is 0.840. The minimum atomic E-state index is -0.763. The first kappa shape index (κ1) is 12.5. The highest BCUT2D eigenvalue weighted by atomic mass is 35.5. The highest BCUT2D eigenvalue weighted by Gasteiger charge is 2.21. The zero-order valence-electron chi connectivity index (χ0n) is 9.16. The molecule has 2 nitrogen and oxygen atoms in total. The normalized spacial score (nSPS) is 14.9. The van der Waals surface area contributed by atoms with Gasteiger partial charge in [0.25, 0.3) is 0 Å². The van der Waals surface area contributed by atoms with Gasteiger partial charge in [0.15, 0.2) is 0 Å². The third-order valence-electron chi connectivity index (χ3n) is 2.37. The van der Waals surface area contributed by atoms with E-state index in [1.165, 1.54) is 0 Å². The first-order valence-electron chi connectivity index (χ1n) is 5.00. The molecular formula is C12H17ClO2. The SMILES string of the molecule is COCCC(C)(O)Cc1ccccc1Cl. The van der Waals surface area contributed by atoms with E-state index in [0.717, 1.165) is 5.56 Å². The average Bonchev–Trinajstić information content (AvgIpc) is 2.18. The smallest absolute Gasteiger partial charge is 0.0682 e. The molecule has 0 saturated heterocycles. The van der Waals surface area contributed by atoms with Gasteiger partial charge in [-0.25, -0.2) is 0 Å². The van der Waals surface area contributed by atoms with Gasteiger partial charge in [0.05, 0.1) is 5.60 Å². The first-order chi connectivity index (χ1) is 7.05. The molecule has 0 fully saturated rings. The molecule has 84 valence electrons. The molecule has 1 rings (SSSR count). The van der Waals surface area contributed by atoms with Crippen LogP contribution in [0.1, 0.15) is 18.9 Å². The Morgan fingerprint density at radius 2 is 2.07 bits per heavy atom. The van der Waals surface area contributed by atoms with Crippen molar-refractivity contribution >= 4 is 11.6 Å². The third kappa shape index (κ3) is 4.20. The Balaban J connectivity index is 2.64. The molecule has 0 bridgehead atoms. The van der Waals surface area contributed by atoms with Gasteiger partial charge in [0.2, 0.25) is 0 Å². The van der Waals surface area contributed by atoms with Crippen molar-refractivity contribution in [2.24, 2.45) is 0 Å². The van der Waals surface area contributed by atoms with Crippen LogP contribution in [0, 0.1) is 0 Å². The minimum Gasteiger partial charge on any atom is -0.390 e. The number of rotatable bonds is 5. The number of aliphatic hydroxyl groups is 1. The Labute approximate surface area is 95.8 Å². The summed E-state index contributed by atoms with van der Waals surface area (Å²) >= 11 is 6.02. The van der Waals surface area contributed by atoms with E-state index >= 15 is 0 Å². The molecule has 0 aromatic heterocycles. The van der Waals surface area contributed by atoms with E-state index in [9.17, 15) is 5.11 Å². The molecule has 1 unspecified atom stereocenters. The summed E-state index contributed by atoms with van der Waals surface area (Å²) in [4.78, 5) is 0. The van der Waals surface area contributed by atoms with Gasteiger partial charge in [-0.05, 0) is 25.0 Å². The average molecular weight is 229 g/mol. The maximum absolute atomic E-state index is 10.1. The zero-order valence-corrected chi connectivity index (χ0v) is 9.92. The summed E-state index contributed by atoms with van der Waals surface area (Å²) in [6, 6.07) is 7.58. The summed E-state index contributed by atoms with van der Waals surface area (Å²) in [6.07, 6.45) is 1.16. The van der Waals surface area contributed by atoms with Crippen molar-refractivity contribution < 1.29 is 9.84 Å². The van der Waals surface area contributed by atoms with E-state index in [2.05, 4.69) is 0 Å². The zero-order chi connectivity index (χ0) is 11.3. The second kappa shape index (κ2) is 5.50. The lowest BCUT2D eigenvalue weighted by atomic mass is 9.93. The Hall–Kier alpha value is -0.570. The summed E-state index contributed by atoms with van der Waals surface area (Å²) in [5.41, 5.74) is 0.210. The fourth-order valence-electron chi connectivity index (χ4n) is 1.46. The fraction of sp³-hybridized carbons (Fsp3) is 0.500. The first-order valence-corrected chi connectivity index (χ1v) is 5.38. The molecule has 0 spiro atoms. The van der Waals surface area contributed by atoms with Gasteiger partial charge in [-0.15, -0.1) is 0 Å². The Bertz CT molecular complexity index is 310. The predicted molar refractivity (Wildman–Crippen MR) is 62.3 cm³/mol. The predicted octanol–water partition coefficient (Wildman–Crippen LogP) is 2.67. The molecule has 0 radical (unpaired) electrons. The molecule has 0 aliphatic carbocycles. The lowest BCUT2D eigenvalue weighted by molar-refractivity contribution is 0.0249. The third-order valence-corrected chi connectivity index (χ3v) is 2.74. The van der Waals surface area contributed by atoms with E-state index in [-0.39, 0.29) is 0 Å². The van der Waals surface area contributed by atoms with E-state index in [1.807, 2.05) is 24.3 Å². The van der Waals surface area contributed by atoms with Crippen LogP contribution in [0.2, 0.25) is 5.02 Å². The van der Waals surface area contributed by atoms with E-state index in [0.29, 0.717) is 24.5 Å².